The fourth-order valence-electron chi connectivity index (χ4n) is 3.12. The largest absolute Gasteiger partial charge is 0.381 e. The van der Waals surface area contributed by atoms with Crippen molar-refractivity contribution in [2.75, 3.05) is 31.6 Å². The van der Waals surface area contributed by atoms with E-state index in [9.17, 15) is 4.79 Å². The average Bonchev–Trinajstić information content (AvgIpc) is 2.62. The molecule has 1 aromatic carbocycles. The molecular formula is C18H27ClN2O2S. The van der Waals surface area contributed by atoms with Crippen LogP contribution in [0.15, 0.2) is 24.3 Å². The lowest BCUT2D eigenvalue weighted by Crippen LogP contribution is -2.37. The highest BCUT2D eigenvalue weighted by atomic mass is 35.5. The quantitative estimate of drug-likeness (QED) is 0.833. The summed E-state index contributed by atoms with van der Waals surface area (Å²) in [4.78, 5) is 12.3. The predicted octanol–water partition coefficient (Wildman–Crippen LogP) is 3.46. The molecule has 1 aromatic rings. The van der Waals surface area contributed by atoms with Crippen molar-refractivity contribution in [3.05, 3.63) is 29.8 Å². The molecule has 2 saturated heterocycles. The Kier molecular flexibility index (Phi) is 8.39. The molecule has 2 N–H and O–H groups in total. The first kappa shape index (κ1) is 19.6. The van der Waals surface area contributed by atoms with E-state index in [-0.39, 0.29) is 24.2 Å². The zero-order valence-corrected chi connectivity index (χ0v) is 15.6. The van der Waals surface area contributed by atoms with Crippen molar-refractivity contribution in [2.45, 2.75) is 36.7 Å². The number of thioether (sulfide) groups is 1. The minimum absolute atomic E-state index is 0. The number of ether oxygens (including phenoxy) is 1. The summed E-state index contributed by atoms with van der Waals surface area (Å²) >= 11 is 2.00. The second-order valence-electron chi connectivity index (χ2n) is 6.36. The lowest BCUT2D eigenvalue weighted by atomic mass is 9.99. The van der Waals surface area contributed by atoms with Gasteiger partial charge in [0.1, 0.15) is 0 Å². The molecule has 0 bridgehead atoms. The molecule has 1 amide bonds. The van der Waals surface area contributed by atoms with Gasteiger partial charge in [-0.2, -0.15) is 11.8 Å². The van der Waals surface area contributed by atoms with Gasteiger partial charge in [-0.3, -0.25) is 4.79 Å². The van der Waals surface area contributed by atoms with Crippen LogP contribution in [0.3, 0.4) is 0 Å². The normalized spacial score (nSPS) is 21.8. The van der Waals surface area contributed by atoms with Gasteiger partial charge in [0.15, 0.2) is 0 Å². The maximum atomic E-state index is 12.3. The average molecular weight is 371 g/mol. The van der Waals surface area contributed by atoms with Crippen LogP contribution in [0, 0.1) is 5.92 Å². The van der Waals surface area contributed by atoms with Crippen LogP contribution >= 0.6 is 24.2 Å². The number of rotatable bonds is 5. The van der Waals surface area contributed by atoms with Crippen LogP contribution in [-0.2, 0) is 15.3 Å². The van der Waals surface area contributed by atoms with Gasteiger partial charge in [0, 0.05) is 36.4 Å². The number of benzene rings is 1. The third-order valence-electron chi connectivity index (χ3n) is 4.52. The van der Waals surface area contributed by atoms with Crippen molar-refractivity contribution in [3.63, 3.8) is 0 Å². The molecule has 2 aliphatic heterocycles. The Hall–Kier alpha value is -0.750. The Morgan fingerprint density at radius 1 is 1.29 bits per heavy atom. The number of carbonyl (C=O) groups excluding carboxylic acids is 1. The van der Waals surface area contributed by atoms with E-state index >= 15 is 0 Å². The van der Waals surface area contributed by atoms with Crippen molar-refractivity contribution in [2.24, 2.45) is 5.92 Å². The van der Waals surface area contributed by atoms with Gasteiger partial charge >= 0.3 is 0 Å². The van der Waals surface area contributed by atoms with E-state index in [0.717, 1.165) is 63.4 Å². The minimum atomic E-state index is 0. The number of nitrogens with one attached hydrogen (secondary N) is 2. The number of hydrogen-bond donors (Lipinski definition) is 2. The summed E-state index contributed by atoms with van der Waals surface area (Å²) in [5.74, 6) is 1.25. The van der Waals surface area contributed by atoms with Crippen molar-refractivity contribution >= 4 is 35.8 Å². The van der Waals surface area contributed by atoms with Crippen molar-refractivity contribution < 1.29 is 9.53 Å². The van der Waals surface area contributed by atoms with E-state index in [0.29, 0.717) is 5.25 Å². The molecule has 6 heteroatoms. The fourth-order valence-corrected chi connectivity index (χ4v) is 4.25. The number of amides is 1. The van der Waals surface area contributed by atoms with Crippen LogP contribution in [0.1, 0.15) is 31.2 Å². The van der Waals surface area contributed by atoms with Gasteiger partial charge in [0.2, 0.25) is 5.91 Å². The lowest BCUT2D eigenvalue weighted by molar-refractivity contribution is -0.120. The van der Waals surface area contributed by atoms with Gasteiger partial charge in [-0.1, -0.05) is 12.1 Å². The molecule has 0 radical (unpaired) electrons. The van der Waals surface area contributed by atoms with Gasteiger partial charge in [-0.05, 0) is 49.9 Å². The number of halogens is 1. The van der Waals surface area contributed by atoms with E-state index in [1.807, 2.05) is 23.9 Å². The van der Waals surface area contributed by atoms with E-state index in [4.69, 9.17) is 4.74 Å². The van der Waals surface area contributed by atoms with Gasteiger partial charge in [0.25, 0.3) is 0 Å². The first-order valence-electron chi connectivity index (χ1n) is 8.61. The molecule has 4 nitrogen and oxygen atoms in total. The highest BCUT2D eigenvalue weighted by Gasteiger charge is 2.21. The fraction of sp³-hybridized carbons (Fsp3) is 0.611. The maximum absolute atomic E-state index is 12.3. The third-order valence-corrected chi connectivity index (χ3v) is 5.96. The standard InChI is InChI=1S/C18H26N2O2S.ClH/c21-18(15-4-2-8-19-12-15)20-16-5-1-3-14(11-16)13-23-17-6-9-22-10-7-17;/h1,3,5,11,15,17,19H,2,4,6-10,12-13H2,(H,20,21);1H. The van der Waals surface area contributed by atoms with Crippen LogP contribution in [0.25, 0.3) is 0 Å². The van der Waals surface area contributed by atoms with E-state index in [1.54, 1.807) is 0 Å². The molecule has 1 atom stereocenters. The minimum Gasteiger partial charge on any atom is -0.381 e. The van der Waals surface area contributed by atoms with Crippen LogP contribution in [0.2, 0.25) is 0 Å². The highest BCUT2D eigenvalue weighted by molar-refractivity contribution is 7.99. The van der Waals surface area contributed by atoms with Crippen LogP contribution in [0.5, 0.6) is 0 Å². The Morgan fingerprint density at radius 3 is 2.88 bits per heavy atom. The molecular weight excluding hydrogens is 344 g/mol. The zero-order valence-electron chi connectivity index (χ0n) is 14.0. The summed E-state index contributed by atoms with van der Waals surface area (Å²) in [6.45, 7) is 3.61. The summed E-state index contributed by atoms with van der Waals surface area (Å²) in [7, 11) is 0. The van der Waals surface area contributed by atoms with Gasteiger partial charge in [-0.25, -0.2) is 0 Å². The van der Waals surface area contributed by atoms with Crippen LogP contribution in [-0.4, -0.2) is 37.5 Å². The summed E-state index contributed by atoms with van der Waals surface area (Å²) < 4.78 is 5.41. The van der Waals surface area contributed by atoms with Crippen molar-refractivity contribution in [3.8, 4) is 0 Å². The SMILES string of the molecule is Cl.O=C(Nc1cccc(CSC2CCOCC2)c1)C1CCCNC1. The van der Waals surface area contributed by atoms with Crippen LogP contribution in [0.4, 0.5) is 5.69 Å². The number of piperidine rings is 1. The second-order valence-corrected chi connectivity index (χ2v) is 7.64. The number of anilines is 1. The van der Waals surface area contributed by atoms with Crippen molar-refractivity contribution in [1.29, 1.82) is 0 Å². The molecule has 2 heterocycles. The monoisotopic (exact) mass is 370 g/mol. The predicted molar refractivity (Wildman–Crippen MR) is 103 cm³/mol. The molecule has 0 spiro atoms. The molecule has 0 saturated carbocycles. The molecule has 0 aliphatic carbocycles. The van der Waals surface area contributed by atoms with E-state index in [1.165, 1.54) is 5.56 Å². The Labute approximate surface area is 154 Å². The smallest absolute Gasteiger partial charge is 0.228 e. The molecule has 2 fully saturated rings. The van der Waals surface area contributed by atoms with Crippen molar-refractivity contribution in [1.82, 2.24) is 5.32 Å². The Morgan fingerprint density at radius 2 is 2.12 bits per heavy atom. The number of carbonyl (C=O) groups is 1. The van der Waals surface area contributed by atoms with Gasteiger partial charge < -0.3 is 15.4 Å². The molecule has 3 rings (SSSR count). The summed E-state index contributed by atoms with van der Waals surface area (Å²) in [6.07, 6.45) is 4.36. The molecule has 2 aliphatic rings. The molecule has 134 valence electrons. The van der Waals surface area contributed by atoms with Crippen LogP contribution < -0.4 is 10.6 Å². The number of hydrogen-bond acceptors (Lipinski definition) is 4. The lowest BCUT2D eigenvalue weighted by Gasteiger charge is -2.22. The first-order valence-corrected chi connectivity index (χ1v) is 9.66. The van der Waals surface area contributed by atoms with E-state index in [2.05, 4.69) is 22.8 Å². The third kappa shape index (κ3) is 5.96. The Balaban J connectivity index is 0.00000208. The topological polar surface area (TPSA) is 50.4 Å². The summed E-state index contributed by atoms with van der Waals surface area (Å²) in [6, 6.07) is 8.27. The zero-order chi connectivity index (χ0) is 15.9. The highest BCUT2D eigenvalue weighted by Crippen LogP contribution is 2.26. The second kappa shape index (κ2) is 10.3. The summed E-state index contributed by atoms with van der Waals surface area (Å²) in [5, 5.41) is 7.08. The summed E-state index contributed by atoms with van der Waals surface area (Å²) in [5.41, 5.74) is 2.20. The molecule has 24 heavy (non-hydrogen) atoms. The van der Waals surface area contributed by atoms with Gasteiger partial charge in [0.05, 0.1) is 5.92 Å². The molecule has 0 aromatic heterocycles. The first-order chi connectivity index (χ1) is 11.3. The Bertz CT molecular complexity index is 517. The molecule has 1 unspecified atom stereocenters. The maximum Gasteiger partial charge on any atom is 0.228 e. The van der Waals surface area contributed by atoms with Gasteiger partial charge in [-0.15, -0.1) is 12.4 Å². The van der Waals surface area contributed by atoms with E-state index < -0.39 is 0 Å².